The molecule has 2 aliphatic rings. The fraction of sp³-hybridized carbons (Fsp3) is 1.00. The molecule has 0 heterocycles. The lowest BCUT2D eigenvalue weighted by Crippen LogP contribution is -2.26. The van der Waals surface area contributed by atoms with Crippen molar-refractivity contribution in [2.24, 2.45) is 17.8 Å². The van der Waals surface area contributed by atoms with Gasteiger partial charge in [0.05, 0.1) is 6.10 Å². The van der Waals surface area contributed by atoms with E-state index in [1.165, 1.54) is 77.0 Å². The quantitative estimate of drug-likeness (QED) is 0.558. The van der Waals surface area contributed by atoms with Crippen molar-refractivity contribution < 1.29 is 4.74 Å². The SMILES string of the molecule is CCCC1CCC(COC2CCC(CCC)CC2)CC1. The Hall–Kier alpha value is -0.0400. The minimum atomic E-state index is 0.594. The molecule has 1 nitrogen and oxygen atoms in total. The summed E-state index contributed by atoms with van der Waals surface area (Å²) in [5.74, 6) is 2.90. The minimum Gasteiger partial charge on any atom is -0.378 e. The second kappa shape index (κ2) is 9.07. The molecule has 0 atom stereocenters. The molecule has 0 amide bonds. The van der Waals surface area contributed by atoms with Crippen LogP contribution in [0, 0.1) is 17.8 Å². The molecule has 0 aliphatic heterocycles. The zero-order valence-electron chi connectivity index (χ0n) is 13.9. The molecule has 2 fully saturated rings. The second-order valence-electron chi connectivity index (χ2n) is 7.44. The molecule has 0 N–H and O–H groups in total. The van der Waals surface area contributed by atoms with Crippen LogP contribution in [-0.4, -0.2) is 12.7 Å². The lowest BCUT2D eigenvalue weighted by Gasteiger charge is -2.32. The van der Waals surface area contributed by atoms with E-state index >= 15 is 0 Å². The van der Waals surface area contributed by atoms with Gasteiger partial charge in [0.25, 0.3) is 0 Å². The summed E-state index contributed by atoms with van der Waals surface area (Å²) in [4.78, 5) is 0. The van der Waals surface area contributed by atoms with Crippen LogP contribution in [0.5, 0.6) is 0 Å². The summed E-state index contributed by atoms with van der Waals surface area (Å²) in [6, 6.07) is 0. The molecule has 0 aromatic rings. The molecule has 118 valence electrons. The standard InChI is InChI=1S/C19H36O/c1-3-5-16-7-9-18(10-8-16)15-20-19-13-11-17(6-4-2)12-14-19/h16-19H,3-15H2,1-2H3. The van der Waals surface area contributed by atoms with Gasteiger partial charge in [0.15, 0.2) is 0 Å². The highest BCUT2D eigenvalue weighted by molar-refractivity contribution is 4.75. The highest BCUT2D eigenvalue weighted by atomic mass is 16.5. The van der Waals surface area contributed by atoms with E-state index in [0.717, 1.165) is 24.4 Å². The van der Waals surface area contributed by atoms with Crippen molar-refractivity contribution in [2.75, 3.05) is 6.61 Å². The molecule has 0 bridgehead atoms. The maximum Gasteiger partial charge on any atom is 0.0575 e. The van der Waals surface area contributed by atoms with E-state index in [1.807, 2.05) is 0 Å². The Morgan fingerprint density at radius 2 is 1.10 bits per heavy atom. The zero-order chi connectivity index (χ0) is 14.2. The first-order chi connectivity index (χ1) is 9.81. The number of ether oxygens (including phenoxy) is 1. The third-order valence-electron chi connectivity index (χ3n) is 5.72. The molecule has 0 unspecified atom stereocenters. The maximum absolute atomic E-state index is 6.24. The fourth-order valence-electron chi connectivity index (χ4n) is 4.36. The molecule has 2 saturated carbocycles. The Bertz CT molecular complexity index is 208. The Labute approximate surface area is 126 Å². The van der Waals surface area contributed by atoms with Crippen LogP contribution >= 0.6 is 0 Å². The Balaban J connectivity index is 1.55. The topological polar surface area (TPSA) is 9.23 Å². The third-order valence-corrected chi connectivity index (χ3v) is 5.72. The predicted molar refractivity (Wildman–Crippen MR) is 87.0 cm³/mol. The summed E-state index contributed by atoms with van der Waals surface area (Å²) in [6.07, 6.45) is 17.5. The molecule has 0 spiro atoms. The van der Waals surface area contributed by atoms with Crippen molar-refractivity contribution in [3.05, 3.63) is 0 Å². The Morgan fingerprint density at radius 1 is 0.650 bits per heavy atom. The smallest absolute Gasteiger partial charge is 0.0575 e. The van der Waals surface area contributed by atoms with Gasteiger partial charge in [-0.15, -0.1) is 0 Å². The molecule has 0 aromatic carbocycles. The molecule has 0 aromatic heterocycles. The van der Waals surface area contributed by atoms with Gasteiger partial charge < -0.3 is 4.74 Å². The van der Waals surface area contributed by atoms with Gasteiger partial charge in [-0.3, -0.25) is 0 Å². The first kappa shape index (κ1) is 16.3. The second-order valence-corrected chi connectivity index (χ2v) is 7.44. The number of rotatable bonds is 7. The van der Waals surface area contributed by atoms with E-state index in [1.54, 1.807) is 0 Å². The predicted octanol–water partition coefficient (Wildman–Crippen LogP) is 5.97. The Morgan fingerprint density at radius 3 is 1.60 bits per heavy atom. The van der Waals surface area contributed by atoms with E-state index < -0.39 is 0 Å². The number of hydrogen-bond acceptors (Lipinski definition) is 1. The van der Waals surface area contributed by atoms with Crippen LogP contribution < -0.4 is 0 Å². The van der Waals surface area contributed by atoms with Crippen LogP contribution in [0.1, 0.15) is 90.9 Å². The van der Waals surface area contributed by atoms with Gasteiger partial charge in [-0.25, -0.2) is 0 Å². The van der Waals surface area contributed by atoms with Crippen LogP contribution in [0.3, 0.4) is 0 Å². The average molecular weight is 280 g/mol. The summed E-state index contributed by atoms with van der Waals surface area (Å²) in [6.45, 7) is 5.70. The average Bonchev–Trinajstić information content (AvgIpc) is 2.49. The molecule has 2 rings (SSSR count). The normalized spacial score (nSPS) is 35.1. The molecule has 0 saturated heterocycles. The summed E-state index contributed by atoms with van der Waals surface area (Å²) in [5, 5.41) is 0. The molecular weight excluding hydrogens is 244 g/mol. The lowest BCUT2D eigenvalue weighted by atomic mass is 9.80. The first-order valence-electron chi connectivity index (χ1n) is 9.43. The van der Waals surface area contributed by atoms with Gasteiger partial charge in [-0.1, -0.05) is 52.4 Å². The van der Waals surface area contributed by atoms with Crippen molar-refractivity contribution >= 4 is 0 Å². The van der Waals surface area contributed by atoms with Crippen molar-refractivity contribution in [2.45, 2.75) is 97.0 Å². The van der Waals surface area contributed by atoms with Gasteiger partial charge in [0.2, 0.25) is 0 Å². The lowest BCUT2D eigenvalue weighted by molar-refractivity contribution is -0.0103. The van der Waals surface area contributed by atoms with Crippen LogP contribution in [-0.2, 0) is 4.74 Å². The van der Waals surface area contributed by atoms with E-state index in [4.69, 9.17) is 4.74 Å². The van der Waals surface area contributed by atoms with Gasteiger partial charge in [-0.2, -0.15) is 0 Å². The first-order valence-corrected chi connectivity index (χ1v) is 9.43. The van der Waals surface area contributed by atoms with Gasteiger partial charge >= 0.3 is 0 Å². The van der Waals surface area contributed by atoms with Gasteiger partial charge in [0.1, 0.15) is 0 Å². The minimum absolute atomic E-state index is 0.594. The molecule has 20 heavy (non-hydrogen) atoms. The highest BCUT2D eigenvalue weighted by Crippen LogP contribution is 2.33. The summed E-state index contributed by atoms with van der Waals surface area (Å²) in [5.41, 5.74) is 0. The largest absolute Gasteiger partial charge is 0.378 e. The fourth-order valence-corrected chi connectivity index (χ4v) is 4.36. The molecular formula is C19H36O. The highest BCUT2D eigenvalue weighted by Gasteiger charge is 2.24. The van der Waals surface area contributed by atoms with E-state index in [-0.39, 0.29) is 0 Å². The van der Waals surface area contributed by atoms with Crippen molar-refractivity contribution in [1.29, 1.82) is 0 Å². The van der Waals surface area contributed by atoms with Crippen molar-refractivity contribution in [3.8, 4) is 0 Å². The van der Waals surface area contributed by atoms with Crippen LogP contribution in [0.2, 0.25) is 0 Å². The molecule has 1 heteroatoms. The summed E-state index contributed by atoms with van der Waals surface area (Å²) >= 11 is 0. The monoisotopic (exact) mass is 280 g/mol. The maximum atomic E-state index is 6.24. The van der Waals surface area contributed by atoms with Crippen LogP contribution in [0.4, 0.5) is 0 Å². The molecule has 2 aliphatic carbocycles. The van der Waals surface area contributed by atoms with E-state index in [9.17, 15) is 0 Å². The van der Waals surface area contributed by atoms with Crippen LogP contribution in [0.25, 0.3) is 0 Å². The zero-order valence-corrected chi connectivity index (χ0v) is 13.9. The van der Waals surface area contributed by atoms with E-state index in [0.29, 0.717) is 6.10 Å². The van der Waals surface area contributed by atoms with Gasteiger partial charge in [0, 0.05) is 6.61 Å². The third kappa shape index (κ3) is 5.39. The van der Waals surface area contributed by atoms with Gasteiger partial charge in [-0.05, 0) is 56.3 Å². The van der Waals surface area contributed by atoms with E-state index in [2.05, 4.69) is 13.8 Å². The Kier molecular flexibility index (Phi) is 7.41. The summed E-state index contributed by atoms with van der Waals surface area (Å²) < 4.78 is 6.24. The van der Waals surface area contributed by atoms with Crippen molar-refractivity contribution in [1.82, 2.24) is 0 Å². The molecule has 0 radical (unpaired) electrons. The van der Waals surface area contributed by atoms with Crippen LogP contribution in [0.15, 0.2) is 0 Å². The summed E-state index contributed by atoms with van der Waals surface area (Å²) in [7, 11) is 0. The van der Waals surface area contributed by atoms with Crippen molar-refractivity contribution in [3.63, 3.8) is 0 Å². The number of hydrogen-bond donors (Lipinski definition) is 0.